The zero-order valence-electron chi connectivity index (χ0n) is 10.7. The van der Waals surface area contributed by atoms with Crippen LogP contribution < -0.4 is 0 Å². The van der Waals surface area contributed by atoms with Crippen molar-refractivity contribution < 1.29 is 0 Å². The molecule has 0 aromatic carbocycles. The first-order valence-electron chi connectivity index (χ1n) is 6.33. The number of rotatable bonds is 3. The quantitative estimate of drug-likeness (QED) is 0.703. The molecule has 0 amide bonds. The van der Waals surface area contributed by atoms with Gasteiger partial charge in [0.15, 0.2) is 0 Å². The first-order chi connectivity index (χ1) is 6.94. The van der Waals surface area contributed by atoms with E-state index in [2.05, 4.69) is 48.5 Å². The number of halogens is 1. The molecule has 1 nitrogen and oxygen atoms in total. The summed E-state index contributed by atoms with van der Waals surface area (Å²) in [6.45, 7) is 12.0. The van der Waals surface area contributed by atoms with E-state index in [9.17, 15) is 0 Å². The molecule has 2 heteroatoms. The van der Waals surface area contributed by atoms with Crippen LogP contribution in [0.25, 0.3) is 0 Å². The van der Waals surface area contributed by atoms with Gasteiger partial charge in [-0.1, -0.05) is 43.1 Å². The zero-order valence-corrected chi connectivity index (χ0v) is 12.3. The van der Waals surface area contributed by atoms with Crippen molar-refractivity contribution in [3.05, 3.63) is 0 Å². The van der Waals surface area contributed by atoms with Gasteiger partial charge in [-0.3, -0.25) is 0 Å². The van der Waals surface area contributed by atoms with Crippen molar-refractivity contribution in [1.82, 2.24) is 4.90 Å². The molecule has 0 radical (unpaired) electrons. The van der Waals surface area contributed by atoms with Crippen molar-refractivity contribution in [2.45, 2.75) is 64.2 Å². The topological polar surface area (TPSA) is 3.24 Å². The van der Waals surface area contributed by atoms with Crippen LogP contribution in [-0.2, 0) is 0 Å². The van der Waals surface area contributed by atoms with Crippen LogP contribution in [0.1, 0.15) is 53.4 Å². The third-order valence-corrected chi connectivity index (χ3v) is 4.25. The van der Waals surface area contributed by atoms with E-state index in [4.69, 9.17) is 0 Å². The molecular formula is C13H26BrN. The second-order valence-corrected chi connectivity index (χ2v) is 7.16. The summed E-state index contributed by atoms with van der Waals surface area (Å²) in [7, 11) is 0. The molecule has 1 aliphatic heterocycles. The second-order valence-electron chi connectivity index (χ2n) is 5.86. The Balaban J connectivity index is 2.58. The number of hydrogen-bond acceptors (Lipinski definition) is 1. The number of hydrogen-bond donors (Lipinski definition) is 0. The average molecular weight is 276 g/mol. The molecule has 2 atom stereocenters. The Kier molecular flexibility index (Phi) is 5.11. The Bertz CT molecular complexity index is 191. The fourth-order valence-corrected chi connectivity index (χ4v) is 3.76. The van der Waals surface area contributed by atoms with Crippen molar-refractivity contribution in [2.24, 2.45) is 5.41 Å². The maximum absolute atomic E-state index is 3.80. The van der Waals surface area contributed by atoms with Crippen LogP contribution in [-0.4, -0.2) is 28.9 Å². The van der Waals surface area contributed by atoms with Gasteiger partial charge in [-0.05, 0) is 38.1 Å². The number of likely N-dealkylation sites (tertiary alicyclic amines) is 1. The lowest BCUT2D eigenvalue weighted by Gasteiger charge is -2.33. The maximum atomic E-state index is 3.80. The fourth-order valence-electron chi connectivity index (χ4n) is 2.68. The highest BCUT2D eigenvalue weighted by molar-refractivity contribution is 9.09. The highest BCUT2D eigenvalue weighted by Gasteiger charge is 2.30. The van der Waals surface area contributed by atoms with E-state index in [0.29, 0.717) is 10.2 Å². The van der Waals surface area contributed by atoms with Crippen LogP contribution in [0, 0.1) is 5.41 Å². The Labute approximate surface area is 104 Å². The van der Waals surface area contributed by atoms with Gasteiger partial charge >= 0.3 is 0 Å². The Hall–Kier alpha value is 0.440. The van der Waals surface area contributed by atoms with Crippen LogP contribution in [0.2, 0.25) is 0 Å². The third kappa shape index (κ3) is 4.44. The summed E-state index contributed by atoms with van der Waals surface area (Å²) < 4.78 is 0. The van der Waals surface area contributed by atoms with Gasteiger partial charge in [0.05, 0.1) is 0 Å². The van der Waals surface area contributed by atoms with Crippen LogP contribution in [0.4, 0.5) is 0 Å². The van der Waals surface area contributed by atoms with Gasteiger partial charge in [-0.2, -0.15) is 0 Å². The smallest absolute Gasteiger partial charge is 0.0163 e. The first-order valence-corrected chi connectivity index (χ1v) is 7.24. The second kappa shape index (κ2) is 5.67. The Morgan fingerprint density at radius 3 is 2.73 bits per heavy atom. The van der Waals surface area contributed by atoms with Gasteiger partial charge in [-0.25, -0.2) is 0 Å². The normalized spacial score (nSPS) is 29.8. The highest BCUT2D eigenvalue weighted by atomic mass is 79.9. The van der Waals surface area contributed by atoms with Gasteiger partial charge in [0.25, 0.3) is 0 Å². The number of nitrogens with zero attached hydrogens (tertiary/aromatic N) is 1. The molecule has 0 spiro atoms. The van der Waals surface area contributed by atoms with Gasteiger partial charge < -0.3 is 4.90 Å². The van der Waals surface area contributed by atoms with E-state index in [-0.39, 0.29) is 0 Å². The van der Waals surface area contributed by atoms with Crippen LogP contribution in [0.15, 0.2) is 0 Å². The van der Waals surface area contributed by atoms with Gasteiger partial charge in [0, 0.05) is 17.4 Å². The standard InChI is InChI=1S/C13H26BrN/c1-5-6-11(2)15-8-7-12(14)9-13(3,4)10-15/h11-12H,5-10H2,1-4H3. The zero-order chi connectivity index (χ0) is 11.5. The van der Waals surface area contributed by atoms with E-state index >= 15 is 0 Å². The molecule has 1 aliphatic rings. The van der Waals surface area contributed by atoms with Crippen LogP contribution in [0.5, 0.6) is 0 Å². The lowest BCUT2D eigenvalue weighted by atomic mass is 9.88. The number of alkyl halides is 1. The molecule has 90 valence electrons. The fraction of sp³-hybridized carbons (Fsp3) is 1.00. The van der Waals surface area contributed by atoms with E-state index in [1.54, 1.807) is 0 Å². The Morgan fingerprint density at radius 1 is 1.47 bits per heavy atom. The van der Waals surface area contributed by atoms with E-state index < -0.39 is 0 Å². The van der Waals surface area contributed by atoms with Crippen molar-refractivity contribution >= 4 is 15.9 Å². The molecule has 0 aliphatic carbocycles. The molecule has 1 saturated heterocycles. The summed E-state index contributed by atoms with van der Waals surface area (Å²) in [5.41, 5.74) is 0.465. The minimum atomic E-state index is 0.465. The molecule has 0 aromatic heterocycles. The van der Waals surface area contributed by atoms with E-state index in [0.717, 1.165) is 6.04 Å². The van der Waals surface area contributed by atoms with E-state index in [1.165, 1.54) is 38.8 Å². The van der Waals surface area contributed by atoms with E-state index in [1.807, 2.05) is 0 Å². The monoisotopic (exact) mass is 275 g/mol. The molecule has 1 heterocycles. The van der Waals surface area contributed by atoms with Gasteiger partial charge in [0.1, 0.15) is 0 Å². The third-order valence-electron chi connectivity index (χ3n) is 3.46. The Morgan fingerprint density at radius 2 is 2.13 bits per heavy atom. The summed E-state index contributed by atoms with van der Waals surface area (Å²) in [4.78, 5) is 3.40. The molecule has 0 N–H and O–H groups in total. The van der Waals surface area contributed by atoms with Crippen molar-refractivity contribution in [2.75, 3.05) is 13.1 Å². The largest absolute Gasteiger partial charge is 0.300 e. The van der Waals surface area contributed by atoms with Gasteiger partial charge in [0.2, 0.25) is 0 Å². The summed E-state index contributed by atoms with van der Waals surface area (Å²) in [5, 5.41) is 0. The molecule has 0 aromatic rings. The summed E-state index contributed by atoms with van der Waals surface area (Å²) in [6.07, 6.45) is 5.25. The molecule has 0 saturated carbocycles. The molecular weight excluding hydrogens is 250 g/mol. The molecule has 1 rings (SSSR count). The lowest BCUT2D eigenvalue weighted by Crippen LogP contribution is -2.39. The first kappa shape index (κ1) is 13.5. The van der Waals surface area contributed by atoms with Gasteiger partial charge in [-0.15, -0.1) is 0 Å². The predicted octanol–water partition coefficient (Wildman–Crippen LogP) is 4.06. The van der Waals surface area contributed by atoms with Crippen LogP contribution in [0.3, 0.4) is 0 Å². The lowest BCUT2D eigenvalue weighted by molar-refractivity contribution is 0.146. The summed E-state index contributed by atoms with van der Waals surface area (Å²) in [5.74, 6) is 0. The summed E-state index contributed by atoms with van der Waals surface area (Å²) in [6, 6.07) is 0.757. The molecule has 2 unspecified atom stereocenters. The van der Waals surface area contributed by atoms with Crippen molar-refractivity contribution in [3.63, 3.8) is 0 Å². The average Bonchev–Trinajstić information content (AvgIpc) is 2.23. The predicted molar refractivity (Wildman–Crippen MR) is 71.7 cm³/mol. The van der Waals surface area contributed by atoms with Crippen molar-refractivity contribution in [3.8, 4) is 0 Å². The van der Waals surface area contributed by atoms with Crippen molar-refractivity contribution in [1.29, 1.82) is 0 Å². The van der Waals surface area contributed by atoms with Crippen LogP contribution >= 0.6 is 15.9 Å². The SMILES string of the molecule is CCCC(C)N1CCC(Br)CC(C)(C)C1. The molecule has 1 fully saturated rings. The minimum Gasteiger partial charge on any atom is -0.300 e. The molecule has 0 bridgehead atoms. The summed E-state index contributed by atoms with van der Waals surface area (Å²) >= 11 is 3.80. The minimum absolute atomic E-state index is 0.465. The maximum Gasteiger partial charge on any atom is 0.0163 e. The highest BCUT2D eigenvalue weighted by Crippen LogP contribution is 2.32. The molecule has 15 heavy (non-hydrogen) atoms.